The highest BCUT2D eigenvalue weighted by molar-refractivity contribution is 9.10. The van der Waals surface area contributed by atoms with Gasteiger partial charge in [-0.2, -0.15) is 0 Å². The monoisotopic (exact) mass is 295 g/mol. The van der Waals surface area contributed by atoms with Crippen molar-refractivity contribution in [2.75, 3.05) is 5.32 Å². The molecule has 0 amide bonds. The Balaban J connectivity index is 2.17. The Hall–Kier alpha value is -0.800. The first-order valence-corrected chi connectivity index (χ1v) is 6.91. The van der Waals surface area contributed by atoms with Gasteiger partial charge in [0, 0.05) is 15.0 Å². The first-order valence-electron chi connectivity index (χ1n) is 5.23. The highest BCUT2D eigenvalue weighted by Crippen LogP contribution is 2.31. The predicted molar refractivity (Wildman–Crippen MR) is 75.2 cm³/mol. The topological polar surface area (TPSA) is 12.0 Å². The number of nitrogens with one attached hydrogen (secondary N) is 1. The molecule has 0 aliphatic rings. The Bertz CT molecular complexity index is 478. The van der Waals surface area contributed by atoms with Crippen LogP contribution in [0.25, 0.3) is 0 Å². The molecule has 1 N–H and O–H groups in total. The van der Waals surface area contributed by atoms with E-state index in [1.54, 1.807) is 11.3 Å². The second-order valence-corrected chi connectivity index (χ2v) is 5.62. The van der Waals surface area contributed by atoms with Gasteiger partial charge in [0.1, 0.15) is 0 Å². The van der Waals surface area contributed by atoms with Crippen molar-refractivity contribution in [1.29, 1.82) is 0 Å². The highest BCUT2D eigenvalue weighted by Gasteiger charge is 2.11. The van der Waals surface area contributed by atoms with Crippen molar-refractivity contribution in [2.45, 2.75) is 19.9 Å². The standard InChI is InChI=1S/C13H14BrNS/c1-9-5-3-4-6-12(9)15-10(2)13-11(14)7-8-16-13/h3-8,10,15H,1-2H3. The van der Waals surface area contributed by atoms with Crippen LogP contribution in [0.5, 0.6) is 0 Å². The Morgan fingerprint density at radius 3 is 2.62 bits per heavy atom. The van der Waals surface area contributed by atoms with Crippen LogP contribution in [0.3, 0.4) is 0 Å². The average molecular weight is 296 g/mol. The van der Waals surface area contributed by atoms with E-state index in [-0.39, 0.29) is 0 Å². The third-order valence-corrected chi connectivity index (χ3v) is 4.61. The molecule has 2 aromatic rings. The molecule has 1 atom stereocenters. The van der Waals surface area contributed by atoms with Gasteiger partial charge in [0.15, 0.2) is 0 Å². The molecule has 0 radical (unpaired) electrons. The third-order valence-electron chi connectivity index (χ3n) is 2.56. The van der Waals surface area contributed by atoms with Gasteiger partial charge >= 0.3 is 0 Å². The summed E-state index contributed by atoms with van der Waals surface area (Å²) < 4.78 is 1.19. The van der Waals surface area contributed by atoms with Crippen molar-refractivity contribution >= 4 is 33.0 Å². The summed E-state index contributed by atoms with van der Waals surface area (Å²) in [7, 11) is 0. The van der Waals surface area contributed by atoms with E-state index in [2.05, 4.69) is 70.8 Å². The molecule has 84 valence electrons. The Morgan fingerprint density at radius 2 is 2.00 bits per heavy atom. The molecule has 1 heterocycles. The number of hydrogen-bond acceptors (Lipinski definition) is 2. The first kappa shape index (κ1) is 11.7. The van der Waals surface area contributed by atoms with Crippen LogP contribution in [0.2, 0.25) is 0 Å². The van der Waals surface area contributed by atoms with E-state index < -0.39 is 0 Å². The summed E-state index contributed by atoms with van der Waals surface area (Å²) in [5, 5.41) is 5.64. The van der Waals surface area contributed by atoms with E-state index in [4.69, 9.17) is 0 Å². The van der Waals surface area contributed by atoms with E-state index in [0.717, 1.165) is 0 Å². The number of benzene rings is 1. The Morgan fingerprint density at radius 1 is 1.25 bits per heavy atom. The summed E-state index contributed by atoms with van der Waals surface area (Å²) >= 11 is 5.34. The van der Waals surface area contributed by atoms with Crippen molar-refractivity contribution in [3.05, 3.63) is 50.6 Å². The number of para-hydroxylation sites is 1. The normalized spacial score (nSPS) is 12.4. The van der Waals surface area contributed by atoms with Gasteiger partial charge in [-0.3, -0.25) is 0 Å². The molecular weight excluding hydrogens is 282 g/mol. The van der Waals surface area contributed by atoms with Crippen LogP contribution in [0, 0.1) is 6.92 Å². The average Bonchev–Trinajstić information content (AvgIpc) is 2.68. The maximum Gasteiger partial charge on any atom is 0.0589 e. The van der Waals surface area contributed by atoms with Gasteiger partial charge in [-0.15, -0.1) is 11.3 Å². The fraction of sp³-hybridized carbons (Fsp3) is 0.231. The minimum Gasteiger partial charge on any atom is -0.377 e. The number of anilines is 1. The minimum atomic E-state index is 0.329. The van der Waals surface area contributed by atoms with Crippen molar-refractivity contribution in [2.24, 2.45) is 0 Å². The van der Waals surface area contributed by atoms with E-state index in [1.807, 2.05) is 0 Å². The summed E-state index contributed by atoms with van der Waals surface area (Å²) in [6.45, 7) is 4.31. The van der Waals surface area contributed by atoms with E-state index in [0.29, 0.717) is 6.04 Å². The van der Waals surface area contributed by atoms with Crippen molar-refractivity contribution < 1.29 is 0 Å². The van der Waals surface area contributed by atoms with Crippen LogP contribution >= 0.6 is 27.3 Å². The quantitative estimate of drug-likeness (QED) is 0.841. The van der Waals surface area contributed by atoms with Crippen LogP contribution in [-0.2, 0) is 0 Å². The number of halogens is 1. The molecule has 0 spiro atoms. The zero-order valence-corrected chi connectivity index (χ0v) is 11.7. The molecule has 0 saturated carbocycles. The van der Waals surface area contributed by atoms with Gasteiger partial charge in [0.2, 0.25) is 0 Å². The van der Waals surface area contributed by atoms with E-state index in [9.17, 15) is 0 Å². The van der Waals surface area contributed by atoms with Crippen molar-refractivity contribution in [3.63, 3.8) is 0 Å². The second-order valence-electron chi connectivity index (χ2n) is 3.81. The Labute approximate surface area is 109 Å². The largest absolute Gasteiger partial charge is 0.377 e. The van der Waals surface area contributed by atoms with Crippen LogP contribution in [-0.4, -0.2) is 0 Å². The van der Waals surface area contributed by atoms with Crippen LogP contribution in [0.15, 0.2) is 40.2 Å². The fourth-order valence-corrected chi connectivity index (χ4v) is 3.37. The summed E-state index contributed by atoms with van der Waals surface area (Å²) in [6, 6.07) is 10.8. The minimum absolute atomic E-state index is 0.329. The summed E-state index contributed by atoms with van der Waals surface area (Å²) in [6.07, 6.45) is 0. The molecule has 3 heteroatoms. The number of rotatable bonds is 3. The Kier molecular flexibility index (Phi) is 3.66. The summed E-state index contributed by atoms with van der Waals surface area (Å²) in [4.78, 5) is 1.34. The molecule has 0 aliphatic heterocycles. The smallest absolute Gasteiger partial charge is 0.0589 e. The van der Waals surface area contributed by atoms with Gasteiger partial charge in [0.25, 0.3) is 0 Å². The second kappa shape index (κ2) is 5.02. The lowest BCUT2D eigenvalue weighted by Gasteiger charge is -2.16. The lowest BCUT2D eigenvalue weighted by Crippen LogP contribution is -2.06. The number of thiophene rings is 1. The maximum absolute atomic E-state index is 3.57. The predicted octanol–water partition coefficient (Wildman–Crippen LogP) is 4.99. The molecule has 1 aromatic heterocycles. The van der Waals surface area contributed by atoms with Crippen LogP contribution in [0.4, 0.5) is 5.69 Å². The zero-order valence-electron chi connectivity index (χ0n) is 9.33. The fourth-order valence-electron chi connectivity index (χ4n) is 1.65. The molecule has 0 bridgehead atoms. The number of hydrogen-bond donors (Lipinski definition) is 1. The van der Waals surface area contributed by atoms with Gasteiger partial charge in [-0.1, -0.05) is 18.2 Å². The lowest BCUT2D eigenvalue weighted by atomic mass is 10.2. The molecule has 1 aromatic carbocycles. The summed E-state index contributed by atoms with van der Waals surface area (Å²) in [5.41, 5.74) is 2.48. The molecule has 0 fully saturated rings. The molecular formula is C13H14BrNS. The van der Waals surface area contributed by atoms with Crippen LogP contribution < -0.4 is 5.32 Å². The molecule has 2 rings (SSSR count). The molecule has 0 aliphatic carbocycles. The molecule has 16 heavy (non-hydrogen) atoms. The SMILES string of the molecule is Cc1ccccc1NC(C)c1sccc1Br. The lowest BCUT2D eigenvalue weighted by molar-refractivity contribution is 0.901. The van der Waals surface area contributed by atoms with Crippen molar-refractivity contribution in [1.82, 2.24) is 0 Å². The van der Waals surface area contributed by atoms with E-state index in [1.165, 1.54) is 20.6 Å². The summed E-state index contributed by atoms with van der Waals surface area (Å²) in [5.74, 6) is 0. The molecule has 1 unspecified atom stereocenters. The highest BCUT2D eigenvalue weighted by atomic mass is 79.9. The molecule has 0 saturated heterocycles. The third kappa shape index (κ3) is 2.47. The van der Waals surface area contributed by atoms with Gasteiger partial charge < -0.3 is 5.32 Å². The first-order chi connectivity index (χ1) is 7.68. The molecule has 1 nitrogen and oxygen atoms in total. The van der Waals surface area contributed by atoms with Crippen LogP contribution in [0.1, 0.15) is 23.4 Å². The van der Waals surface area contributed by atoms with E-state index >= 15 is 0 Å². The van der Waals surface area contributed by atoms with Gasteiger partial charge in [-0.05, 0) is 52.9 Å². The van der Waals surface area contributed by atoms with Gasteiger partial charge in [0.05, 0.1) is 6.04 Å². The van der Waals surface area contributed by atoms with Crippen molar-refractivity contribution in [3.8, 4) is 0 Å². The number of aryl methyl sites for hydroxylation is 1. The van der Waals surface area contributed by atoms with Gasteiger partial charge in [-0.25, -0.2) is 0 Å². The maximum atomic E-state index is 3.57. The zero-order chi connectivity index (χ0) is 11.5.